The largest absolute Gasteiger partial charge is 0.359 e. The molecule has 0 saturated carbocycles. The minimum atomic E-state index is 0.709. The molecule has 0 aliphatic heterocycles. The third kappa shape index (κ3) is 4.72. The van der Waals surface area contributed by atoms with Gasteiger partial charge >= 0.3 is 0 Å². The van der Waals surface area contributed by atoms with Gasteiger partial charge in [0.2, 0.25) is 0 Å². The van der Waals surface area contributed by atoms with E-state index in [0.29, 0.717) is 12.8 Å². The molecule has 2 heteroatoms. The van der Waals surface area contributed by atoms with Gasteiger partial charge in [-0.05, 0) is 0 Å². The summed E-state index contributed by atoms with van der Waals surface area (Å²) in [7, 11) is 0. The summed E-state index contributed by atoms with van der Waals surface area (Å²) < 4.78 is 0. The highest BCUT2D eigenvalue weighted by Crippen LogP contribution is 1.79. The Bertz CT molecular complexity index is 131. The number of hydrogen-bond donors (Lipinski definition) is 2. The van der Waals surface area contributed by atoms with Crippen molar-refractivity contribution in [3.05, 3.63) is 0 Å². The SMILES string of the molecule is NC#CCCC#CN. The lowest BCUT2D eigenvalue weighted by Crippen LogP contribution is -1.78. The van der Waals surface area contributed by atoms with E-state index in [1.54, 1.807) is 0 Å². The fraction of sp³-hybridized carbons (Fsp3) is 0.333. The van der Waals surface area contributed by atoms with Gasteiger partial charge in [-0.2, -0.15) is 0 Å². The summed E-state index contributed by atoms with van der Waals surface area (Å²) >= 11 is 0. The Morgan fingerprint density at radius 1 is 0.875 bits per heavy atom. The van der Waals surface area contributed by atoms with E-state index in [2.05, 4.69) is 23.9 Å². The van der Waals surface area contributed by atoms with Crippen LogP contribution in [0.3, 0.4) is 0 Å². The molecule has 42 valence electrons. The van der Waals surface area contributed by atoms with Gasteiger partial charge in [-0.15, -0.1) is 0 Å². The van der Waals surface area contributed by atoms with Crippen LogP contribution in [0, 0.1) is 23.9 Å². The summed E-state index contributed by atoms with van der Waals surface area (Å²) in [6.45, 7) is 0. The highest BCUT2D eigenvalue weighted by molar-refractivity contribution is 5.01. The Morgan fingerprint density at radius 2 is 1.25 bits per heavy atom. The van der Waals surface area contributed by atoms with Crippen LogP contribution in [0.5, 0.6) is 0 Å². The molecule has 0 radical (unpaired) electrons. The number of hydrogen-bond acceptors (Lipinski definition) is 2. The van der Waals surface area contributed by atoms with Gasteiger partial charge in [0.1, 0.15) is 0 Å². The maximum atomic E-state index is 4.87. The third-order valence-electron chi connectivity index (χ3n) is 0.579. The molecule has 0 aromatic heterocycles. The molecule has 0 unspecified atom stereocenters. The fourth-order valence-electron chi connectivity index (χ4n) is 0.269. The molecular formula is C6H8N2. The monoisotopic (exact) mass is 108 g/mol. The van der Waals surface area contributed by atoms with Crippen LogP contribution in [-0.4, -0.2) is 0 Å². The molecule has 0 atom stereocenters. The molecule has 0 amide bonds. The first-order valence-electron chi connectivity index (χ1n) is 2.28. The standard InChI is InChI=1S/C6H8N2/c7-5-3-1-2-4-6-8/h1-2,7-8H2. The Kier molecular flexibility index (Phi) is 4.80. The Hall–Kier alpha value is -1.28. The van der Waals surface area contributed by atoms with E-state index in [4.69, 9.17) is 11.5 Å². The highest BCUT2D eigenvalue weighted by atomic mass is 14.5. The molecule has 0 rings (SSSR count). The maximum Gasteiger partial charge on any atom is 0.0217 e. The van der Waals surface area contributed by atoms with Crippen molar-refractivity contribution < 1.29 is 0 Å². The second kappa shape index (κ2) is 5.72. The van der Waals surface area contributed by atoms with Gasteiger partial charge in [0.25, 0.3) is 0 Å². The Labute approximate surface area is 49.2 Å². The van der Waals surface area contributed by atoms with Crippen molar-refractivity contribution in [2.45, 2.75) is 12.8 Å². The molecule has 0 heterocycles. The minimum Gasteiger partial charge on any atom is -0.359 e. The Morgan fingerprint density at radius 3 is 1.50 bits per heavy atom. The zero-order chi connectivity index (χ0) is 6.24. The number of unbranched alkanes of at least 4 members (excludes halogenated alkanes) is 1. The number of nitrogens with two attached hydrogens (primary N) is 2. The van der Waals surface area contributed by atoms with Crippen LogP contribution in [0.2, 0.25) is 0 Å². The third-order valence-corrected chi connectivity index (χ3v) is 0.579. The predicted molar refractivity (Wildman–Crippen MR) is 33.2 cm³/mol. The van der Waals surface area contributed by atoms with E-state index in [0.717, 1.165) is 0 Å². The molecule has 8 heavy (non-hydrogen) atoms. The van der Waals surface area contributed by atoms with Crippen molar-refractivity contribution in [2.24, 2.45) is 11.5 Å². The van der Waals surface area contributed by atoms with Gasteiger partial charge in [-0.1, -0.05) is 11.8 Å². The van der Waals surface area contributed by atoms with Crippen LogP contribution in [0.1, 0.15) is 12.8 Å². The maximum absolute atomic E-state index is 4.87. The Balaban J connectivity index is 3.10. The summed E-state index contributed by atoms with van der Waals surface area (Å²) in [5.74, 6) is 5.31. The fourth-order valence-corrected chi connectivity index (χ4v) is 0.269. The summed E-state index contributed by atoms with van der Waals surface area (Å²) in [5, 5.41) is 0. The van der Waals surface area contributed by atoms with E-state index in [9.17, 15) is 0 Å². The van der Waals surface area contributed by atoms with Gasteiger partial charge in [0, 0.05) is 24.9 Å². The van der Waals surface area contributed by atoms with E-state index in [1.807, 2.05) is 0 Å². The molecule has 0 aliphatic rings. The smallest absolute Gasteiger partial charge is 0.0217 e. The molecule has 0 fully saturated rings. The lowest BCUT2D eigenvalue weighted by Gasteiger charge is -1.73. The lowest BCUT2D eigenvalue weighted by atomic mass is 10.3. The second-order valence-corrected chi connectivity index (χ2v) is 1.14. The summed E-state index contributed by atoms with van der Waals surface area (Å²) in [6.07, 6.45) is 1.42. The summed E-state index contributed by atoms with van der Waals surface area (Å²) in [4.78, 5) is 0. The van der Waals surface area contributed by atoms with Gasteiger partial charge in [0.05, 0.1) is 0 Å². The van der Waals surface area contributed by atoms with Crippen LogP contribution in [-0.2, 0) is 0 Å². The average Bonchev–Trinajstić information content (AvgIpc) is 1.81. The van der Waals surface area contributed by atoms with Gasteiger partial charge < -0.3 is 11.5 Å². The summed E-state index contributed by atoms with van der Waals surface area (Å²) in [5.41, 5.74) is 9.74. The van der Waals surface area contributed by atoms with Crippen molar-refractivity contribution >= 4 is 0 Å². The normalized spacial score (nSPS) is 5.50. The second-order valence-electron chi connectivity index (χ2n) is 1.14. The molecule has 0 aromatic carbocycles. The molecule has 0 saturated heterocycles. The average molecular weight is 108 g/mol. The first kappa shape index (κ1) is 6.72. The zero-order valence-corrected chi connectivity index (χ0v) is 4.57. The van der Waals surface area contributed by atoms with E-state index >= 15 is 0 Å². The molecule has 2 nitrogen and oxygen atoms in total. The molecule has 0 aromatic rings. The first-order chi connectivity index (χ1) is 3.91. The lowest BCUT2D eigenvalue weighted by molar-refractivity contribution is 1.12. The molecular weight excluding hydrogens is 100 g/mol. The van der Waals surface area contributed by atoms with Crippen LogP contribution >= 0.6 is 0 Å². The van der Waals surface area contributed by atoms with Crippen molar-refractivity contribution in [3.8, 4) is 23.9 Å². The highest BCUT2D eigenvalue weighted by Gasteiger charge is 1.69. The molecule has 0 bridgehead atoms. The van der Waals surface area contributed by atoms with Crippen LogP contribution < -0.4 is 11.5 Å². The zero-order valence-electron chi connectivity index (χ0n) is 4.57. The number of rotatable bonds is 1. The van der Waals surface area contributed by atoms with Crippen LogP contribution in [0.4, 0.5) is 0 Å². The van der Waals surface area contributed by atoms with E-state index < -0.39 is 0 Å². The topological polar surface area (TPSA) is 52.0 Å². The van der Waals surface area contributed by atoms with Gasteiger partial charge in [-0.25, -0.2) is 0 Å². The summed E-state index contributed by atoms with van der Waals surface area (Å²) in [6, 6.07) is 4.54. The van der Waals surface area contributed by atoms with Crippen molar-refractivity contribution in [3.63, 3.8) is 0 Å². The van der Waals surface area contributed by atoms with Gasteiger partial charge in [-0.3, -0.25) is 0 Å². The molecule has 4 N–H and O–H groups in total. The van der Waals surface area contributed by atoms with Crippen LogP contribution in [0.25, 0.3) is 0 Å². The van der Waals surface area contributed by atoms with Crippen molar-refractivity contribution in [1.82, 2.24) is 0 Å². The predicted octanol–water partition coefficient (Wildman–Crippen LogP) is -0.394. The van der Waals surface area contributed by atoms with E-state index in [-0.39, 0.29) is 0 Å². The van der Waals surface area contributed by atoms with E-state index in [1.165, 1.54) is 0 Å². The van der Waals surface area contributed by atoms with Crippen molar-refractivity contribution in [2.75, 3.05) is 0 Å². The quantitative estimate of drug-likeness (QED) is 0.273. The van der Waals surface area contributed by atoms with Crippen LogP contribution in [0.15, 0.2) is 0 Å². The van der Waals surface area contributed by atoms with Crippen molar-refractivity contribution in [1.29, 1.82) is 0 Å². The minimum absolute atomic E-state index is 0.709. The van der Waals surface area contributed by atoms with Gasteiger partial charge in [0.15, 0.2) is 0 Å². The molecule has 0 spiro atoms. The molecule has 0 aliphatic carbocycles. The first-order valence-corrected chi connectivity index (χ1v) is 2.28.